The van der Waals surface area contributed by atoms with Crippen molar-refractivity contribution in [1.29, 1.82) is 0 Å². The van der Waals surface area contributed by atoms with E-state index in [1.54, 1.807) is 12.1 Å². The molecule has 0 spiro atoms. The van der Waals surface area contributed by atoms with Crippen LogP contribution in [0.3, 0.4) is 0 Å². The number of carbonyl (C=O) groups is 1. The summed E-state index contributed by atoms with van der Waals surface area (Å²) in [4.78, 5) is 10.3. The highest BCUT2D eigenvalue weighted by molar-refractivity contribution is 5.87. The predicted molar refractivity (Wildman–Crippen MR) is 103 cm³/mol. The highest BCUT2D eigenvalue weighted by atomic mass is 16.5. The summed E-state index contributed by atoms with van der Waals surface area (Å²) in [6.45, 7) is -0.307. The number of aromatic hydroxyl groups is 1. The number of phenols is 1. The molecule has 0 bridgehead atoms. The molecule has 4 nitrogen and oxygen atoms in total. The number of hydrogen-bond donors (Lipinski definition) is 2. The monoisotopic (exact) mass is 346 g/mol. The first kappa shape index (κ1) is 17.3. The summed E-state index contributed by atoms with van der Waals surface area (Å²) in [6.07, 6.45) is 0. The average molecular weight is 346 g/mol. The van der Waals surface area contributed by atoms with Crippen LogP contribution in [-0.2, 0) is 4.79 Å². The second kappa shape index (κ2) is 8.03. The van der Waals surface area contributed by atoms with Gasteiger partial charge in [0.05, 0.1) is 0 Å². The van der Waals surface area contributed by atoms with Crippen LogP contribution in [0.5, 0.6) is 11.5 Å². The van der Waals surface area contributed by atoms with E-state index >= 15 is 0 Å². The van der Waals surface area contributed by atoms with E-state index in [1.165, 1.54) is 0 Å². The Balaban J connectivity index is 0.000000158. The van der Waals surface area contributed by atoms with Gasteiger partial charge < -0.3 is 14.9 Å². The third-order valence-electron chi connectivity index (χ3n) is 3.85. The van der Waals surface area contributed by atoms with Crippen LogP contribution in [0.4, 0.5) is 0 Å². The normalized spacial score (nSPS) is 10.2. The van der Waals surface area contributed by atoms with Gasteiger partial charge in [0.25, 0.3) is 0 Å². The minimum absolute atomic E-state index is 0.307. The second-order valence-corrected chi connectivity index (χ2v) is 5.69. The molecule has 0 aromatic heterocycles. The zero-order valence-electron chi connectivity index (χ0n) is 14.0. The highest BCUT2D eigenvalue weighted by Gasteiger charge is 2.00. The largest absolute Gasteiger partial charge is 0.507 e. The fourth-order valence-electron chi connectivity index (χ4n) is 2.61. The Morgan fingerprint density at radius 1 is 0.769 bits per heavy atom. The number of phenolic OH excluding ortho intramolecular Hbond substituents is 1. The van der Waals surface area contributed by atoms with Gasteiger partial charge in [-0.05, 0) is 34.4 Å². The summed E-state index contributed by atoms with van der Waals surface area (Å²) in [5.74, 6) is -0.0395. The zero-order valence-corrected chi connectivity index (χ0v) is 14.0. The molecule has 0 aliphatic rings. The van der Waals surface area contributed by atoms with Gasteiger partial charge in [-0.25, -0.2) is 4.79 Å². The van der Waals surface area contributed by atoms with Crippen LogP contribution in [-0.4, -0.2) is 22.8 Å². The molecule has 0 heterocycles. The highest BCUT2D eigenvalue weighted by Crippen LogP contribution is 2.23. The minimum Gasteiger partial charge on any atom is -0.507 e. The van der Waals surface area contributed by atoms with Crippen molar-refractivity contribution in [1.82, 2.24) is 0 Å². The number of ether oxygens (including phenoxy) is 1. The molecule has 0 saturated carbocycles. The molecule has 26 heavy (non-hydrogen) atoms. The van der Waals surface area contributed by atoms with Gasteiger partial charge in [-0.2, -0.15) is 0 Å². The lowest BCUT2D eigenvalue weighted by Crippen LogP contribution is -2.09. The molecule has 0 aliphatic heterocycles. The number of benzene rings is 4. The Labute approximate surface area is 150 Å². The molecule has 4 rings (SSSR count). The SMILES string of the molecule is O=C(O)COc1ccc2ccccc2c1.Oc1cccc2ccccc12. The molecule has 0 unspecified atom stereocenters. The zero-order chi connectivity index (χ0) is 18.4. The topological polar surface area (TPSA) is 66.8 Å². The summed E-state index contributed by atoms with van der Waals surface area (Å²) >= 11 is 0. The third kappa shape index (κ3) is 4.30. The second-order valence-electron chi connectivity index (χ2n) is 5.69. The molecule has 0 fully saturated rings. The fraction of sp³-hybridized carbons (Fsp3) is 0.0455. The van der Waals surface area contributed by atoms with E-state index in [2.05, 4.69) is 0 Å². The number of carboxylic acid groups (broad SMARTS) is 1. The van der Waals surface area contributed by atoms with E-state index in [9.17, 15) is 9.90 Å². The number of hydrogen-bond acceptors (Lipinski definition) is 3. The molecule has 4 aromatic carbocycles. The molecular weight excluding hydrogens is 328 g/mol. The lowest BCUT2D eigenvalue weighted by atomic mass is 10.1. The molecule has 4 aromatic rings. The van der Waals surface area contributed by atoms with Crippen LogP contribution in [0.25, 0.3) is 21.5 Å². The number of aliphatic carboxylic acids is 1. The number of fused-ring (bicyclic) bond motifs is 2. The van der Waals surface area contributed by atoms with E-state index in [0.29, 0.717) is 11.5 Å². The molecule has 2 N–H and O–H groups in total. The van der Waals surface area contributed by atoms with E-state index in [-0.39, 0.29) is 6.61 Å². The van der Waals surface area contributed by atoms with Crippen molar-refractivity contribution in [2.75, 3.05) is 6.61 Å². The third-order valence-corrected chi connectivity index (χ3v) is 3.85. The molecule has 0 saturated heterocycles. The average Bonchev–Trinajstić information content (AvgIpc) is 2.67. The van der Waals surface area contributed by atoms with E-state index < -0.39 is 5.97 Å². The van der Waals surface area contributed by atoms with E-state index in [1.807, 2.05) is 72.8 Å². The van der Waals surface area contributed by atoms with Crippen molar-refractivity contribution in [3.8, 4) is 11.5 Å². The lowest BCUT2D eigenvalue weighted by Gasteiger charge is -2.04. The van der Waals surface area contributed by atoms with Crippen molar-refractivity contribution >= 4 is 27.5 Å². The van der Waals surface area contributed by atoms with Crippen LogP contribution in [0.1, 0.15) is 0 Å². The number of rotatable bonds is 3. The Bertz CT molecular complexity index is 1030. The van der Waals surface area contributed by atoms with Gasteiger partial charge in [-0.15, -0.1) is 0 Å². The Hall–Kier alpha value is -3.53. The molecule has 130 valence electrons. The van der Waals surface area contributed by atoms with Gasteiger partial charge in [-0.1, -0.05) is 66.7 Å². The first-order valence-electron chi connectivity index (χ1n) is 8.13. The first-order chi connectivity index (χ1) is 12.6. The van der Waals surface area contributed by atoms with Crippen molar-refractivity contribution in [3.05, 3.63) is 84.9 Å². The summed E-state index contributed by atoms with van der Waals surface area (Å²) in [7, 11) is 0. The molecule has 0 radical (unpaired) electrons. The maximum Gasteiger partial charge on any atom is 0.341 e. The maximum atomic E-state index is 10.3. The smallest absolute Gasteiger partial charge is 0.341 e. The summed E-state index contributed by atoms with van der Waals surface area (Å²) in [5, 5.41) is 22.0. The summed E-state index contributed by atoms with van der Waals surface area (Å²) in [6, 6.07) is 26.7. The van der Waals surface area contributed by atoms with Crippen molar-refractivity contribution in [2.24, 2.45) is 0 Å². The molecule has 0 aliphatic carbocycles. The van der Waals surface area contributed by atoms with Crippen molar-refractivity contribution < 1.29 is 19.7 Å². The Kier molecular flexibility index (Phi) is 5.34. The van der Waals surface area contributed by atoms with Gasteiger partial charge in [0.15, 0.2) is 6.61 Å². The Morgan fingerprint density at radius 3 is 2.15 bits per heavy atom. The molecule has 0 amide bonds. The van der Waals surface area contributed by atoms with Crippen LogP contribution in [0.2, 0.25) is 0 Å². The first-order valence-corrected chi connectivity index (χ1v) is 8.13. The van der Waals surface area contributed by atoms with E-state index in [4.69, 9.17) is 9.84 Å². The lowest BCUT2D eigenvalue weighted by molar-refractivity contribution is -0.139. The fourth-order valence-corrected chi connectivity index (χ4v) is 2.61. The molecule has 0 atom stereocenters. The summed E-state index contributed by atoms with van der Waals surface area (Å²) in [5.41, 5.74) is 0. The van der Waals surface area contributed by atoms with Crippen LogP contribution < -0.4 is 4.74 Å². The predicted octanol–water partition coefficient (Wildman–Crippen LogP) is 4.85. The molecule has 4 heteroatoms. The quantitative estimate of drug-likeness (QED) is 0.556. The van der Waals surface area contributed by atoms with Gasteiger partial charge in [0.2, 0.25) is 0 Å². The van der Waals surface area contributed by atoms with Crippen LogP contribution in [0.15, 0.2) is 84.9 Å². The standard InChI is InChI=1S/C12H10O3.C10H8O/c13-12(14)8-15-11-6-5-9-3-1-2-4-10(9)7-11;11-10-7-3-5-8-4-1-2-6-9(8)10/h1-7H,8H2,(H,13,14);1-7,11H. The van der Waals surface area contributed by atoms with Crippen LogP contribution in [0, 0.1) is 0 Å². The van der Waals surface area contributed by atoms with Crippen molar-refractivity contribution in [3.63, 3.8) is 0 Å². The van der Waals surface area contributed by atoms with Gasteiger partial charge >= 0.3 is 5.97 Å². The van der Waals surface area contributed by atoms with Gasteiger partial charge in [-0.3, -0.25) is 0 Å². The Morgan fingerprint density at radius 2 is 1.42 bits per heavy atom. The summed E-state index contributed by atoms with van der Waals surface area (Å²) < 4.78 is 5.08. The van der Waals surface area contributed by atoms with Gasteiger partial charge in [0, 0.05) is 5.39 Å². The van der Waals surface area contributed by atoms with E-state index in [0.717, 1.165) is 21.5 Å². The van der Waals surface area contributed by atoms with Crippen LogP contribution >= 0.6 is 0 Å². The maximum absolute atomic E-state index is 10.3. The molecular formula is C22H18O4. The number of carboxylic acids is 1. The minimum atomic E-state index is -0.969. The van der Waals surface area contributed by atoms with Gasteiger partial charge in [0.1, 0.15) is 11.5 Å². The van der Waals surface area contributed by atoms with Crippen molar-refractivity contribution in [2.45, 2.75) is 0 Å².